The highest BCUT2D eigenvalue weighted by Gasteiger charge is 2.00. The Morgan fingerprint density at radius 1 is 1.58 bits per heavy atom. The molecule has 12 heavy (non-hydrogen) atoms. The molecule has 0 unspecified atom stereocenters. The highest BCUT2D eigenvalue weighted by Crippen LogP contribution is 2.20. The maximum Gasteiger partial charge on any atom is 0.0907 e. The third kappa shape index (κ3) is 2.05. The summed E-state index contributed by atoms with van der Waals surface area (Å²) >= 11 is 1.71. The molecule has 0 aliphatic heterocycles. The topological polar surface area (TPSA) is 12.9 Å². The maximum atomic E-state index is 4.33. The van der Waals surface area contributed by atoms with Crippen LogP contribution in [0.5, 0.6) is 0 Å². The van der Waals surface area contributed by atoms with Crippen LogP contribution in [0.2, 0.25) is 0 Å². The molecule has 0 radical (unpaired) electrons. The average Bonchev–Trinajstić information content (AvgIpc) is 2.42. The maximum absolute atomic E-state index is 4.33. The van der Waals surface area contributed by atoms with Crippen LogP contribution in [0.15, 0.2) is 12.7 Å². The fourth-order valence-electron chi connectivity index (χ4n) is 0.949. The van der Waals surface area contributed by atoms with Gasteiger partial charge in [-0.25, -0.2) is 4.98 Å². The molecule has 0 spiro atoms. The molecule has 0 fully saturated rings. The molecule has 0 N–H and O–H groups in total. The number of allylic oxidation sites excluding steroid dienone is 1. The van der Waals surface area contributed by atoms with E-state index in [0.29, 0.717) is 0 Å². The van der Waals surface area contributed by atoms with Crippen molar-refractivity contribution in [3.05, 3.63) is 28.2 Å². The van der Waals surface area contributed by atoms with Gasteiger partial charge >= 0.3 is 0 Å². The number of hydrogen-bond donors (Lipinski definition) is 0. The lowest BCUT2D eigenvalue weighted by atomic mass is 10.3. The van der Waals surface area contributed by atoms with E-state index in [9.17, 15) is 0 Å². The van der Waals surface area contributed by atoms with Crippen molar-refractivity contribution < 1.29 is 0 Å². The van der Waals surface area contributed by atoms with Crippen LogP contribution in [0, 0.1) is 6.92 Å². The Hall–Kier alpha value is -0.890. The molecular formula is C10H13NS. The highest BCUT2D eigenvalue weighted by atomic mass is 32.1. The Balaban J connectivity index is 2.96. The molecule has 64 valence electrons. The smallest absolute Gasteiger partial charge is 0.0907 e. The largest absolute Gasteiger partial charge is 0.242 e. The number of thiazole rings is 1. The molecule has 1 aromatic heterocycles. The summed E-state index contributed by atoms with van der Waals surface area (Å²) in [4.78, 5) is 5.54. The van der Waals surface area contributed by atoms with Gasteiger partial charge in [0.2, 0.25) is 0 Å². The molecule has 0 bridgehead atoms. The average molecular weight is 179 g/mol. The van der Waals surface area contributed by atoms with E-state index in [0.717, 1.165) is 17.1 Å². The fourth-order valence-corrected chi connectivity index (χ4v) is 1.81. The van der Waals surface area contributed by atoms with Crippen molar-refractivity contribution in [2.75, 3.05) is 0 Å². The molecular weight excluding hydrogens is 166 g/mol. The second-order valence-corrected chi connectivity index (χ2v) is 3.73. The molecule has 0 atom stereocenters. The van der Waals surface area contributed by atoms with Crippen molar-refractivity contribution in [1.29, 1.82) is 0 Å². The molecule has 0 amide bonds. The zero-order chi connectivity index (χ0) is 8.97. The van der Waals surface area contributed by atoms with Crippen LogP contribution in [-0.4, -0.2) is 4.98 Å². The number of aryl methyl sites for hydroxylation is 1. The second kappa shape index (κ2) is 4.21. The van der Waals surface area contributed by atoms with Crippen LogP contribution < -0.4 is 0 Å². The highest BCUT2D eigenvalue weighted by molar-refractivity contribution is 7.12. The summed E-state index contributed by atoms with van der Waals surface area (Å²) in [5.74, 6) is 0. The van der Waals surface area contributed by atoms with Gasteiger partial charge in [-0.15, -0.1) is 11.3 Å². The van der Waals surface area contributed by atoms with E-state index in [1.54, 1.807) is 17.4 Å². The Kier molecular flexibility index (Phi) is 3.23. The van der Waals surface area contributed by atoms with Gasteiger partial charge in [-0.05, 0) is 25.5 Å². The standard InChI is InChI=1S/C10H13NS/c1-4-6-7-10-9(5-2)11-8(3)12-10/h5-7H,2,4H2,1,3H3/b7-6-. The van der Waals surface area contributed by atoms with Crippen LogP contribution in [0.3, 0.4) is 0 Å². The van der Waals surface area contributed by atoms with Crippen LogP contribution >= 0.6 is 11.3 Å². The molecule has 0 aliphatic carbocycles. The minimum atomic E-state index is 1.00. The van der Waals surface area contributed by atoms with Gasteiger partial charge in [-0.3, -0.25) is 0 Å². The first-order valence-electron chi connectivity index (χ1n) is 4.04. The van der Waals surface area contributed by atoms with Crippen molar-refractivity contribution in [3.63, 3.8) is 0 Å². The van der Waals surface area contributed by atoms with Crippen LogP contribution in [0.4, 0.5) is 0 Å². The molecule has 1 nitrogen and oxygen atoms in total. The summed E-state index contributed by atoms with van der Waals surface area (Å²) in [5, 5.41) is 1.10. The molecule has 0 saturated carbocycles. The molecule has 1 aromatic rings. The van der Waals surface area contributed by atoms with Crippen LogP contribution in [-0.2, 0) is 0 Å². The number of hydrogen-bond acceptors (Lipinski definition) is 2. The molecule has 2 heteroatoms. The van der Waals surface area contributed by atoms with E-state index in [1.165, 1.54) is 4.88 Å². The minimum absolute atomic E-state index is 1.00. The predicted molar refractivity (Wildman–Crippen MR) is 56.3 cm³/mol. The van der Waals surface area contributed by atoms with Crippen molar-refractivity contribution in [1.82, 2.24) is 4.98 Å². The Morgan fingerprint density at radius 3 is 2.92 bits per heavy atom. The summed E-state index contributed by atoms with van der Waals surface area (Å²) < 4.78 is 0. The van der Waals surface area contributed by atoms with Crippen molar-refractivity contribution in [2.45, 2.75) is 20.3 Å². The van der Waals surface area contributed by atoms with Gasteiger partial charge in [0.05, 0.1) is 15.6 Å². The van der Waals surface area contributed by atoms with E-state index in [1.807, 2.05) is 6.92 Å². The molecule has 1 rings (SSSR count). The lowest BCUT2D eigenvalue weighted by Crippen LogP contribution is -1.73. The SMILES string of the molecule is C=Cc1nc(C)sc1/C=C\CC. The van der Waals surface area contributed by atoms with Crippen molar-refractivity contribution in [2.24, 2.45) is 0 Å². The van der Waals surface area contributed by atoms with E-state index >= 15 is 0 Å². The second-order valence-electron chi connectivity index (χ2n) is 2.50. The quantitative estimate of drug-likeness (QED) is 0.692. The molecule has 0 saturated heterocycles. The van der Waals surface area contributed by atoms with Crippen molar-refractivity contribution >= 4 is 23.5 Å². The molecule has 0 aromatic carbocycles. The van der Waals surface area contributed by atoms with Gasteiger partial charge in [-0.2, -0.15) is 0 Å². The molecule has 1 heterocycles. The minimum Gasteiger partial charge on any atom is -0.242 e. The monoisotopic (exact) mass is 179 g/mol. The van der Waals surface area contributed by atoms with Gasteiger partial charge in [-0.1, -0.05) is 19.6 Å². The van der Waals surface area contributed by atoms with Gasteiger partial charge < -0.3 is 0 Å². The first-order chi connectivity index (χ1) is 5.77. The first kappa shape index (κ1) is 9.20. The number of aromatic nitrogens is 1. The van der Waals surface area contributed by atoms with E-state index in [2.05, 4.69) is 30.6 Å². The van der Waals surface area contributed by atoms with Crippen molar-refractivity contribution in [3.8, 4) is 0 Å². The van der Waals surface area contributed by atoms with Crippen LogP contribution in [0.1, 0.15) is 28.9 Å². The molecule has 0 aliphatic rings. The summed E-state index contributed by atoms with van der Waals surface area (Å²) in [5.41, 5.74) is 1.00. The summed E-state index contributed by atoms with van der Waals surface area (Å²) in [6.07, 6.45) is 7.12. The summed E-state index contributed by atoms with van der Waals surface area (Å²) in [6, 6.07) is 0. The zero-order valence-corrected chi connectivity index (χ0v) is 8.32. The third-order valence-electron chi connectivity index (χ3n) is 1.49. The van der Waals surface area contributed by atoms with E-state index < -0.39 is 0 Å². The van der Waals surface area contributed by atoms with Gasteiger partial charge in [0.15, 0.2) is 0 Å². The fraction of sp³-hybridized carbons (Fsp3) is 0.300. The zero-order valence-electron chi connectivity index (χ0n) is 7.50. The Bertz CT molecular complexity index is 297. The third-order valence-corrected chi connectivity index (χ3v) is 2.44. The Labute approximate surface area is 77.5 Å². The first-order valence-corrected chi connectivity index (χ1v) is 4.86. The van der Waals surface area contributed by atoms with Gasteiger partial charge in [0.25, 0.3) is 0 Å². The van der Waals surface area contributed by atoms with E-state index in [4.69, 9.17) is 0 Å². The lowest BCUT2D eigenvalue weighted by molar-refractivity contribution is 1.23. The Morgan fingerprint density at radius 2 is 2.33 bits per heavy atom. The van der Waals surface area contributed by atoms with E-state index in [-0.39, 0.29) is 0 Å². The number of rotatable bonds is 3. The summed E-state index contributed by atoms with van der Waals surface area (Å²) in [7, 11) is 0. The van der Waals surface area contributed by atoms with Gasteiger partial charge in [0.1, 0.15) is 0 Å². The van der Waals surface area contributed by atoms with Crippen LogP contribution in [0.25, 0.3) is 12.2 Å². The number of nitrogens with zero attached hydrogens (tertiary/aromatic N) is 1. The lowest BCUT2D eigenvalue weighted by Gasteiger charge is -1.86. The van der Waals surface area contributed by atoms with Gasteiger partial charge in [0, 0.05) is 0 Å². The normalized spacial score (nSPS) is 10.8. The predicted octanol–water partition coefficient (Wildman–Crippen LogP) is 3.52. The summed E-state index contributed by atoms with van der Waals surface area (Å²) in [6.45, 7) is 7.86.